The Morgan fingerprint density at radius 3 is 2.76 bits per heavy atom. The molecule has 1 fully saturated rings. The van der Waals surface area contributed by atoms with Crippen molar-refractivity contribution in [1.82, 2.24) is 15.5 Å². The third-order valence-electron chi connectivity index (χ3n) is 5.17. The van der Waals surface area contributed by atoms with Crippen molar-refractivity contribution in [3.63, 3.8) is 0 Å². The third kappa shape index (κ3) is 4.29. The maximum atomic E-state index is 12.8. The van der Waals surface area contributed by atoms with Gasteiger partial charge in [-0.2, -0.15) is 5.10 Å². The Morgan fingerprint density at radius 1 is 1.17 bits per heavy atom. The largest absolute Gasteiger partial charge is 0.508 e. The topological polar surface area (TPSA) is 78.0 Å². The average Bonchev–Trinajstić information content (AvgIpc) is 3.42. The van der Waals surface area contributed by atoms with Gasteiger partial charge in [0.25, 0.3) is 0 Å². The van der Waals surface area contributed by atoms with Crippen LogP contribution >= 0.6 is 0 Å². The first-order chi connectivity index (χ1) is 14.2. The van der Waals surface area contributed by atoms with E-state index in [1.54, 1.807) is 24.4 Å². The lowest BCUT2D eigenvalue weighted by Gasteiger charge is -2.09. The number of nitrogens with zero attached hydrogens (tertiary/aromatic N) is 1. The first-order valence-electron chi connectivity index (χ1n) is 9.68. The second kappa shape index (κ2) is 8.19. The summed E-state index contributed by atoms with van der Waals surface area (Å²) in [6.07, 6.45) is 8.24. The van der Waals surface area contributed by atoms with Crippen molar-refractivity contribution in [1.29, 1.82) is 0 Å². The van der Waals surface area contributed by atoms with E-state index in [-0.39, 0.29) is 17.6 Å². The zero-order valence-electron chi connectivity index (χ0n) is 16.2. The van der Waals surface area contributed by atoms with Gasteiger partial charge in [0.1, 0.15) is 5.75 Å². The molecule has 5 nitrogen and oxygen atoms in total. The molecule has 1 saturated carbocycles. The van der Waals surface area contributed by atoms with Gasteiger partial charge >= 0.3 is 0 Å². The standard InChI is InChI=1S/C24H23N3O2/c1-2-22(26-24(29)20-14-19(20)17-8-4-3-5-9-17)21-15-25-27-23(21)12-11-16-7-6-10-18(28)13-16/h2-13,15,19-20,28H,14H2,1H3,(H,25,27)(H,26,29)/b12-11+,22-2+. The van der Waals surface area contributed by atoms with Gasteiger partial charge in [0.05, 0.1) is 11.9 Å². The monoisotopic (exact) mass is 385 g/mol. The molecule has 1 aliphatic carbocycles. The number of amides is 1. The number of nitrogens with one attached hydrogen (secondary N) is 2. The van der Waals surface area contributed by atoms with Crippen LogP contribution in [0.25, 0.3) is 17.8 Å². The number of rotatable bonds is 6. The van der Waals surface area contributed by atoms with Crippen LogP contribution in [0.5, 0.6) is 5.75 Å². The molecule has 2 aromatic carbocycles. The maximum Gasteiger partial charge on any atom is 0.228 e. The molecule has 0 spiro atoms. The van der Waals surface area contributed by atoms with Crippen molar-refractivity contribution in [2.45, 2.75) is 19.3 Å². The molecule has 2 unspecified atom stereocenters. The minimum atomic E-state index is 0.00513. The molecule has 0 bridgehead atoms. The Morgan fingerprint density at radius 2 is 2.00 bits per heavy atom. The van der Waals surface area contributed by atoms with Gasteiger partial charge in [-0.1, -0.05) is 54.6 Å². The van der Waals surface area contributed by atoms with E-state index in [1.165, 1.54) is 5.56 Å². The van der Waals surface area contributed by atoms with Gasteiger partial charge in [-0.05, 0) is 48.6 Å². The van der Waals surface area contributed by atoms with E-state index < -0.39 is 0 Å². The molecule has 1 heterocycles. The summed E-state index contributed by atoms with van der Waals surface area (Å²) in [6.45, 7) is 1.90. The van der Waals surface area contributed by atoms with Gasteiger partial charge < -0.3 is 10.4 Å². The van der Waals surface area contributed by atoms with Crippen LogP contribution in [-0.2, 0) is 4.79 Å². The Hall–Kier alpha value is -3.60. The van der Waals surface area contributed by atoms with Gasteiger partial charge in [0, 0.05) is 17.2 Å². The molecule has 0 radical (unpaired) electrons. The molecule has 146 valence electrons. The zero-order chi connectivity index (χ0) is 20.2. The molecule has 3 aromatic rings. The highest BCUT2D eigenvalue weighted by Crippen LogP contribution is 2.47. The molecular weight excluding hydrogens is 362 g/mol. The van der Waals surface area contributed by atoms with Crippen molar-refractivity contribution in [3.8, 4) is 5.75 Å². The molecule has 1 aromatic heterocycles. The van der Waals surface area contributed by atoms with E-state index in [2.05, 4.69) is 27.6 Å². The fourth-order valence-corrected chi connectivity index (χ4v) is 3.52. The van der Waals surface area contributed by atoms with Gasteiger partial charge in [-0.25, -0.2) is 0 Å². The molecule has 2 atom stereocenters. The predicted molar refractivity (Wildman–Crippen MR) is 115 cm³/mol. The molecule has 0 aliphatic heterocycles. The molecule has 1 aliphatic rings. The minimum absolute atomic E-state index is 0.00513. The molecule has 29 heavy (non-hydrogen) atoms. The highest BCUT2D eigenvalue weighted by molar-refractivity contribution is 5.92. The van der Waals surface area contributed by atoms with Gasteiger partial charge in [-0.15, -0.1) is 0 Å². The van der Waals surface area contributed by atoms with Crippen molar-refractivity contribution in [2.75, 3.05) is 0 Å². The summed E-state index contributed by atoms with van der Waals surface area (Å²) in [7, 11) is 0. The normalized spacial score (nSPS) is 18.7. The van der Waals surface area contributed by atoms with Crippen LogP contribution in [0.15, 0.2) is 66.9 Å². The lowest BCUT2D eigenvalue weighted by atomic mass is 10.1. The van der Waals surface area contributed by atoms with Crippen LogP contribution in [0.3, 0.4) is 0 Å². The van der Waals surface area contributed by atoms with Crippen LogP contribution in [0.1, 0.15) is 41.6 Å². The molecule has 1 amide bonds. The van der Waals surface area contributed by atoms with E-state index in [9.17, 15) is 9.90 Å². The lowest BCUT2D eigenvalue weighted by Crippen LogP contribution is -2.24. The summed E-state index contributed by atoms with van der Waals surface area (Å²) in [5.74, 6) is 0.557. The number of carbonyl (C=O) groups excluding carboxylic acids is 1. The van der Waals surface area contributed by atoms with Crippen LogP contribution in [0, 0.1) is 5.92 Å². The van der Waals surface area contributed by atoms with Gasteiger partial charge in [0.15, 0.2) is 0 Å². The van der Waals surface area contributed by atoms with Crippen molar-refractivity contribution >= 4 is 23.8 Å². The van der Waals surface area contributed by atoms with Crippen molar-refractivity contribution in [2.24, 2.45) is 5.92 Å². The van der Waals surface area contributed by atoms with E-state index in [4.69, 9.17) is 0 Å². The highest BCUT2D eigenvalue weighted by Gasteiger charge is 2.44. The summed E-state index contributed by atoms with van der Waals surface area (Å²) < 4.78 is 0. The van der Waals surface area contributed by atoms with Crippen LogP contribution in [-0.4, -0.2) is 21.2 Å². The molecule has 3 N–H and O–H groups in total. The third-order valence-corrected chi connectivity index (χ3v) is 5.17. The number of benzene rings is 2. The van der Waals surface area contributed by atoms with Crippen LogP contribution in [0.2, 0.25) is 0 Å². The first kappa shape index (κ1) is 18.7. The molecule has 0 saturated heterocycles. The number of carbonyl (C=O) groups is 1. The van der Waals surface area contributed by atoms with Crippen molar-refractivity contribution < 1.29 is 9.90 Å². The molecular formula is C24H23N3O2. The number of hydrogen-bond donors (Lipinski definition) is 3. The number of aromatic nitrogens is 2. The molecule has 4 rings (SSSR count). The number of hydrogen-bond acceptors (Lipinski definition) is 3. The fourth-order valence-electron chi connectivity index (χ4n) is 3.52. The second-order valence-electron chi connectivity index (χ2n) is 7.18. The average molecular weight is 385 g/mol. The number of aromatic hydroxyl groups is 1. The lowest BCUT2D eigenvalue weighted by molar-refractivity contribution is -0.121. The van der Waals surface area contributed by atoms with Gasteiger partial charge in [-0.3, -0.25) is 9.89 Å². The number of phenolic OH excluding ortho intramolecular Hbond substituents is 1. The number of H-pyrrole nitrogens is 1. The van der Waals surface area contributed by atoms with E-state index in [0.29, 0.717) is 5.92 Å². The van der Waals surface area contributed by atoms with Crippen LogP contribution in [0.4, 0.5) is 0 Å². The van der Waals surface area contributed by atoms with Crippen molar-refractivity contribution in [3.05, 3.63) is 89.3 Å². The number of phenols is 1. The highest BCUT2D eigenvalue weighted by atomic mass is 16.3. The van der Waals surface area contributed by atoms with E-state index in [1.807, 2.05) is 49.4 Å². The fraction of sp³-hybridized carbons (Fsp3) is 0.167. The Balaban J connectivity index is 1.46. The molecule has 5 heteroatoms. The quantitative estimate of drug-likeness (QED) is 0.582. The SMILES string of the molecule is C/C=C(/NC(=O)C1CC1c1ccccc1)c1cn[nH]c1/C=C/c1cccc(O)c1. The smallest absolute Gasteiger partial charge is 0.228 e. The van der Waals surface area contributed by atoms with E-state index >= 15 is 0 Å². The summed E-state index contributed by atoms with van der Waals surface area (Å²) in [4.78, 5) is 12.8. The second-order valence-corrected chi connectivity index (χ2v) is 7.18. The summed E-state index contributed by atoms with van der Waals surface area (Å²) in [5, 5.41) is 19.8. The Bertz CT molecular complexity index is 1070. The maximum absolute atomic E-state index is 12.8. The Labute approximate surface area is 169 Å². The van der Waals surface area contributed by atoms with Gasteiger partial charge in [0.2, 0.25) is 5.91 Å². The number of aromatic amines is 1. The predicted octanol–water partition coefficient (Wildman–Crippen LogP) is 4.57. The summed E-state index contributed by atoms with van der Waals surface area (Å²) in [5.41, 5.74) is 4.44. The summed E-state index contributed by atoms with van der Waals surface area (Å²) in [6, 6.07) is 17.2. The van der Waals surface area contributed by atoms with E-state index in [0.717, 1.165) is 28.9 Å². The first-order valence-corrected chi connectivity index (χ1v) is 9.68. The summed E-state index contributed by atoms with van der Waals surface area (Å²) >= 11 is 0. The zero-order valence-corrected chi connectivity index (χ0v) is 16.2. The van der Waals surface area contributed by atoms with Crippen LogP contribution < -0.4 is 5.32 Å². The Kier molecular flexibility index (Phi) is 5.29. The minimum Gasteiger partial charge on any atom is -0.508 e. The number of allylic oxidation sites excluding steroid dienone is 1.